The van der Waals surface area contributed by atoms with Crippen LogP contribution >= 0.6 is 11.6 Å². The van der Waals surface area contributed by atoms with E-state index < -0.39 is 6.04 Å². The van der Waals surface area contributed by atoms with Crippen LogP contribution in [0.4, 0.5) is 0 Å². The molecule has 7 heteroatoms. The summed E-state index contributed by atoms with van der Waals surface area (Å²) in [5, 5.41) is 9.69. The SMILES string of the molecule is O=C(NC(C(=O)NCC1CCN(C2CCCC2)CC1)c1cccc2ccccc12)c1ccc2c(Cl)c[nH]c2c1. The molecule has 39 heavy (non-hydrogen) atoms. The fraction of sp³-hybridized carbons (Fsp3) is 0.375. The van der Waals surface area contributed by atoms with E-state index in [-0.39, 0.29) is 11.8 Å². The summed E-state index contributed by atoms with van der Waals surface area (Å²) in [4.78, 5) is 32.9. The number of carbonyl (C=O) groups excluding carboxylic acids is 2. The third kappa shape index (κ3) is 5.54. The molecule has 0 radical (unpaired) electrons. The Kier molecular flexibility index (Phi) is 7.58. The summed E-state index contributed by atoms with van der Waals surface area (Å²) in [7, 11) is 0. The van der Waals surface area contributed by atoms with Crippen LogP contribution < -0.4 is 10.6 Å². The van der Waals surface area contributed by atoms with Crippen LogP contribution in [0.25, 0.3) is 21.7 Å². The van der Waals surface area contributed by atoms with Gasteiger partial charge < -0.3 is 20.5 Å². The molecule has 1 saturated carbocycles. The maximum Gasteiger partial charge on any atom is 0.252 e. The summed E-state index contributed by atoms with van der Waals surface area (Å²) >= 11 is 6.22. The molecule has 0 spiro atoms. The molecule has 2 aliphatic rings. The number of piperidine rings is 1. The molecule has 1 aromatic heterocycles. The van der Waals surface area contributed by atoms with Crippen molar-refractivity contribution in [3.8, 4) is 0 Å². The molecule has 6 nitrogen and oxygen atoms in total. The number of hydrogen-bond donors (Lipinski definition) is 3. The zero-order valence-corrected chi connectivity index (χ0v) is 22.8. The second-order valence-electron chi connectivity index (χ2n) is 11.0. The summed E-state index contributed by atoms with van der Waals surface area (Å²) in [6.45, 7) is 2.85. The average molecular weight is 543 g/mol. The van der Waals surface area contributed by atoms with E-state index in [0.717, 1.165) is 59.2 Å². The third-order valence-corrected chi connectivity index (χ3v) is 8.93. The number of H-pyrrole nitrogens is 1. The van der Waals surface area contributed by atoms with Crippen molar-refractivity contribution in [2.45, 2.75) is 50.6 Å². The average Bonchev–Trinajstić information content (AvgIpc) is 3.65. The van der Waals surface area contributed by atoms with E-state index in [4.69, 9.17) is 11.6 Å². The Bertz CT molecular complexity index is 1480. The second-order valence-corrected chi connectivity index (χ2v) is 11.4. The lowest BCUT2D eigenvalue weighted by atomic mass is 9.94. The lowest BCUT2D eigenvalue weighted by Crippen LogP contribution is -2.45. The summed E-state index contributed by atoms with van der Waals surface area (Å²) in [5.74, 6) is -0.0296. The maximum absolute atomic E-state index is 13.7. The molecule has 1 aliphatic carbocycles. The van der Waals surface area contributed by atoms with E-state index in [1.165, 1.54) is 25.7 Å². The van der Waals surface area contributed by atoms with Crippen molar-refractivity contribution in [1.82, 2.24) is 20.5 Å². The predicted octanol–water partition coefficient (Wildman–Crippen LogP) is 6.22. The molecule has 2 amide bonds. The number of nitrogens with one attached hydrogen (secondary N) is 3. The van der Waals surface area contributed by atoms with Crippen LogP contribution in [-0.4, -0.2) is 47.4 Å². The summed E-state index contributed by atoms with van der Waals surface area (Å²) in [6.07, 6.45) is 9.28. The van der Waals surface area contributed by atoms with Crippen LogP contribution in [0, 0.1) is 5.92 Å². The molecule has 1 aliphatic heterocycles. The number of amides is 2. The Balaban J connectivity index is 1.19. The fourth-order valence-electron chi connectivity index (χ4n) is 6.37. The number of aromatic amines is 1. The van der Waals surface area contributed by atoms with Crippen molar-refractivity contribution in [2.75, 3.05) is 19.6 Å². The van der Waals surface area contributed by atoms with Gasteiger partial charge >= 0.3 is 0 Å². The standard InChI is InChI=1S/C32H35ClN4O2/c33-28-20-34-29-18-23(12-13-27(28)29)31(38)36-30(26-11-5-7-22-6-1-4-10-25(22)26)32(39)35-19-21-14-16-37(17-15-21)24-8-2-3-9-24/h1,4-7,10-13,18,20-21,24,30,34H,2-3,8-9,14-17,19H2,(H,35,39)(H,36,38). The number of aromatic nitrogens is 1. The number of nitrogens with zero attached hydrogens (tertiary/aromatic N) is 1. The van der Waals surface area contributed by atoms with E-state index in [0.29, 0.717) is 23.0 Å². The van der Waals surface area contributed by atoms with Gasteiger partial charge in [0.15, 0.2) is 0 Å². The monoisotopic (exact) mass is 542 g/mol. The fourth-order valence-corrected chi connectivity index (χ4v) is 6.59. The van der Waals surface area contributed by atoms with Crippen LogP contribution in [0.1, 0.15) is 60.5 Å². The van der Waals surface area contributed by atoms with Gasteiger partial charge in [-0.15, -0.1) is 0 Å². The first-order valence-electron chi connectivity index (χ1n) is 14.1. The molecule has 3 N–H and O–H groups in total. The first kappa shape index (κ1) is 25.9. The molecule has 4 aromatic rings. The predicted molar refractivity (Wildman–Crippen MR) is 157 cm³/mol. The topological polar surface area (TPSA) is 77.2 Å². The maximum atomic E-state index is 13.7. The number of carbonyl (C=O) groups is 2. The van der Waals surface area contributed by atoms with Crippen LogP contribution in [-0.2, 0) is 4.79 Å². The minimum absolute atomic E-state index is 0.179. The van der Waals surface area contributed by atoms with Gasteiger partial charge in [-0.1, -0.05) is 73.0 Å². The highest BCUT2D eigenvalue weighted by Gasteiger charge is 2.29. The summed E-state index contributed by atoms with van der Waals surface area (Å²) < 4.78 is 0. The van der Waals surface area contributed by atoms with Crippen molar-refractivity contribution in [1.29, 1.82) is 0 Å². The highest BCUT2D eigenvalue weighted by atomic mass is 35.5. The van der Waals surface area contributed by atoms with E-state index in [1.54, 1.807) is 18.3 Å². The van der Waals surface area contributed by atoms with Crippen LogP contribution in [0.3, 0.4) is 0 Å². The molecule has 1 atom stereocenters. The molecule has 1 unspecified atom stereocenters. The van der Waals surface area contributed by atoms with Gasteiger partial charge in [0.2, 0.25) is 5.91 Å². The lowest BCUT2D eigenvalue weighted by Gasteiger charge is -2.36. The van der Waals surface area contributed by atoms with Gasteiger partial charge in [0.25, 0.3) is 5.91 Å². The van der Waals surface area contributed by atoms with Crippen molar-refractivity contribution >= 4 is 45.1 Å². The van der Waals surface area contributed by atoms with Gasteiger partial charge in [-0.05, 0) is 73.2 Å². The Labute approximate surface area is 234 Å². The van der Waals surface area contributed by atoms with Gasteiger partial charge in [-0.3, -0.25) is 9.59 Å². The normalized spacial score (nSPS) is 18.0. The quantitative estimate of drug-likeness (QED) is 0.259. The van der Waals surface area contributed by atoms with Gasteiger partial charge in [0, 0.05) is 35.2 Å². The van der Waals surface area contributed by atoms with Crippen LogP contribution in [0.2, 0.25) is 5.02 Å². The number of benzene rings is 3. The van der Waals surface area contributed by atoms with E-state index in [9.17, 15) is 9.59 Å². The molecular formula is C32H35ClN4O2. The molecule has 2 heterocycles. The van der Waals surface area contributed by atoms with E-state index in [1.807, 2.05) is 48.5 Å². The molecule has 2 fully saturated rings. The third-order valence-electron chi connectivity index (χ3n) is 8.62. The van der Waals surface area contributed by atoms with Crippen molar-refractivity contribution in [2.24, 2.45) is 5.92 Å². The van der Waals surface area contributed by atoms with Crippen molar-refractivity contribution < 1.29 is 9.59 Å². The Morgan fingerprint density at radius 1 is 0.949 bits per heavy atom. The molecule has 202 valence electrons. The highest BCUT2D eigenvalue weighted by molar-refractivity contribution is 6.35. The Morgan fingerprint density at radius 3 is 2.54 bits per heavy atom. The van der Waals surface area contributed by atoms with Crippen LogP contribution in [0.15, 0.2) is 66.9 Å². The van der Waals surface area contributed by atoms with Gasteiger partial charge in [0.1, 0.15) is 6.04 Å². The summed E-state index contributed by atoms with van der Waals surface area (Å²) in [6, 6.07) is 19.2. The number of hydrogen-bond acceptors (Lipinski definition) is 3. The Hall–Kier alpha value is -3.35. The molecule has 1 saturated heterocycles. The van der Waals surface area contributed by atoms with Crippen molar-refractivity contribution in [3.63, 3.8) is 0 Å². The second kappa shape index (κ2) is 11.4. The molecule has 6 rings (SSSR count). The number of fused-ring (bicyclic) bond motifs is 2. The number of likely N-dealkylation sites (tertiary alicyclic amines) is 1. The lowest BCUT2D eigenvalue weighted by molar-refractivity contribution is -0.123. The molecular weight excluding hydrogens is 508 g/mol. The first-order chi connectivity index (χ1) is 19.1. The summed E-state index contributed by atoms with van der Waals surface area (Å²) in [5.41, 5.74) is 2.04. The zero-order valence-electron chi connectivity index (χ0n) is 22.1. The first-order valence-corrected chi connectivity index (χ1v) is 14.5. The van der Waals surface area contributed by atoms with Gasteiger partial charge in [0.05, 0.1) is 5.02 Å². The smallest absolute Gasteiger partial charge is 0.252 e. The minimum atomic E-state index is -0.815. The number of halogens is 1. The van der Waals surface area contributed by atoms with E-state index in [2.05, 4.69) is 20.5 Å². The van der Waals surface area contributed by atoms with E-state index >= 15 is 0 Å². The zero-order chi connectivity index (χ0) is 26.8. The Morgan fingerprint density at radius 2 is 1.72 bits per heavy atom. The molecule has 0 bridgehead atoms. The number of rotatable bonds is 7. The van der Waals surface area contributed by atoms with Gasteiger partial charge in [-0.2, -0.15) is 0 Å². The minimum Gasteiger partial charge on any atom is -0.360 e. The molecule has 3 aromatic carbocycles. The van der Waals surface area contributed by atoms with Gasteiger partial charge in [-0.25, -0.2) is 0 Å². The van der Waals surface area contributed by atoms with Crippen molar-refractivity contribution in [3.05, 3.63) is 83.0 Å². The van der Waals surface area contributed by atoms with Crippen LogP contribution in [0.5, 0.6) is 0 Å². The highest BCUT2D eigenvalue weighted by Crippen LogP contribution is 2.29. The largest absolute Gasteiger partial charge is 0.360 e.